The minimum absolute atomic E-state index is 0. The predicted molar refractivity (Wildman–Crippen MR) is 39.7 cm³/mol. The second-order valence-corrected chi connectivity index (χ2v) is 2.97. The maximum absolute atomic E-state index is 10.8. The van der Waals surface area contributed by atoms with Crippen LogP contribution in [0.25, 0.3) is 0 Å². The van der Waals surface area contributed by atoms with Gasteiger partial charge in [0.2, 0.25) is 0 Å². The Hall–Kier alpha value is -0.570. The van der Waals surface area contributed by atoms with E-state index in [1.54, 1.807) is 0 Å². The van der Waals surface area contributed by atoms with E-state index >= 15 is 0 Å². The first-order chi connectivity index (χ1) is 3.98. The first kappa shape index (κ1) is 12.1. The Morgan fingerprint density at radius 1 is 1.40 bits per heavy atom. The van der Waals surface area contributed by atoms with Crippen molar-refractivity contribution in [3.8, 4) is 0 Å². The Morgan fingerprint density at radius 2 is 1.80 bits per heavy atom. The molecular weight excluding hydrogens is 132 g/mol. The normalized spacial score (nSPS) is 10.0. The first-order valence-electron chi connectivity index (χ1n) is 3.15. The molecule has 0 atom stereocenters. The smallest absolute Gasteiger partial charge is 0.311 e. The fourth-order valence-corrected chi connectivity index (χ4v) is 0.348. The van der Waals surface area contributed by atoms with Gasteiger partial charge in [-0.2, -0.15) is 0 Å². The van der Waals surface area contributed by atoms with E-state index in [4.69, 9.17) is 4.74 Å². The third-order valence-corrected chi connectivity index (χ3v) is 0.888. The molecule has 0 aliphatic carbocycles. The van der Waals surface area contributed by atoms with Crippen LogP contribution < -0.4 is 0 Å². The summed E-state index contributed by atoms with van der Waals surface area (Å²) in [6, 6.07) is 0. The predicted octanol–water partition coefficient (Wildman–Crippen LogP) is 0.771. The van der Waals surface area contributed by atoms with Gasteiger partial charge in [-0.1, -0.05) is 0 Å². The SMILES string of the molecule is CCOC(=O)C(C)(C)C.O. The quantitative estimate of drug-likeness (QED) is 0.516. The lowest BCUT2D eigenvalue weighted by Gasteiger charge is -2.14. The van der Waals surface area contributed by atoms with E-state index in [0.29, 0.717) is 6.61 Å². The lowest BCUT2D eigenvalue weighted by molar-refractivity contribution is -0.152. The van der Waals surface area contributed by atoms with Gasteiger partial charge < -0.3 is 10.2 Å². The van der Waals surface area contributed by atoms with Gasteiger partial charge in [-0.15, -0.1) is 0 Å². The molecule has 0 unspecified atom stereocenters. The van der Waals surface area contributed by atoms with Crippen LogP contribution in [0.15, 0.2) is 0 Å². The average Bonchev–Trinajstić information content (AvgIpc) is 1.64. The van der Waals surface area contributed by atoms with Crippen LogP contribution in [0.2, 0.25) is 0 Å². The standard InChI is InChI=1S/C7H14O2.H2O/c1-5-9-6(8)7(2,3)4;/h5H2,1-4H3;1H2. The summed E-state index contributed by atoms with van der Waals surface area (Å²) in [6.07, 6.45) is 0. The summed E-state index contributed by atoms with van der Waals surface area (Å²) in [5, 5.41) is 0. The molecular formula is C7H16O3. The van der Waals surface area contributed by atoms with E-state index in [1.165, 1.54) is 0 Å². The zero-order valence-corrected chi connectivity index (χ0v) is 7.02. The Labute approximate surface area is 61.7 Å². The zero-order chi connectivity index (χ0) is 7.49. The molecule has 0 saturated heterocycles. The van der Waals surface area contributed by atoms with Gasteiger partial charge in [-0.25, -0.2) is 0 Å². The van der Waals surface area contributed by atoms with E-state index in [2.05, 4.69) is 0 Å². The van der Waals surface area contributed by atoms with Crippen LogP contribution in [-0.2, 0) is 9.53 Å². The van der Waals surface area contributed by atoms with Gasteiger partial charge in [-0.3, -0.25) is 4.79 Å². The van der Waals surface area contributed by atoms with Gasteiger partial charge in [0.1, 0.15) is 0 Å². The van der Waals surface area contributed by atoms with E-state index in [1.807, 2.05) is 27.7 Å². The van der Waals surface area contributed by atoms with Gasteiger partial charge in [-0.05, 0) is 27.7 Å². The summed E-state index contributed by atoms with van der Waals surface area (Å²) in [7, 11) is 0. The maximum atomic E-state index is 10.8. The molecule has 0 amide bonds. The number of carbonyl (C=O) groups is 1. The molecule has 0 radical (unpaired) electrons. The molecule has 0 saturated carbocycles. The highest BCUT2D eigenvalue weighted by Gasteiger charge is 2.21. The summed E-state index contributed by atoms with van der Waals surface area (Å²) in [5.74, 6) is -0.134. The molecule has 0 heterocycles. The van der Waals surface area contributed by atoms with Crippen LogP contribution in [0, 0.1) is 5.41 Å². The fraction of sp³-hybridized carbons (Fsp3) is 0.857. The Balaban J connectivity index is 0. The second kappa shape index (κ2) is 4.28. The fourth-order valence-electron chi connectivity index (χ4n) is 0.348. The third kappa shape index (κ3) is 4.32. The van der Waals surface area contributed by atoms with Crippen molar-refractivity contribution < 1.29 is 15.0 Å². The van der Waals surface area contributed by atoms with Crippen LogP contribution >= 0.6 is 0 Å². The first-order valence-corrected chi connectivity index (χ1v) is 3.15. The molecule has 0 aromatic rings. The van der Waals surface area contributed by atoms with Gasteiger partial charge in [0.15, 0.2) is 0 Å². The van der Waals surface area contributed by atoms with Crippen LogP contribution in [-0.4, -0.2) is 18.1 Å². The van der Waals surface area contributed by atoms with Gasteiger partial charge in [0.05, 0.1) is 12.0 Å². The van der Waals surface area contributed by atoms with Crippen molar-refractivity contribution in [1.82, 2.24) is 0 Å². The number of carbonyl (C=O) groups excluding carboxylic acids is 1. The van der Waals surface area contributed by atoms with E-state index < -0.39 is 0 Å². The average molecular weight is 148 g/mol. The van der Waals surface area contributed by atoms with Crippen LogP contribution in [0.1, 0.15) is 27.7 Å². The van der Waals surface area contributed by atoms with E-state index in [9.17, 15) is 4.79 Å². The highest BCUT2D eigenvalue weighted by Crippen LogP contribution is 2.14. The monoisotopic (exact) mass is 148 g/mol. The highest BCUT2D eigenvalue weighted by molar-refractivity contribution is 5.75. The van der Waals surface area contributed by atoms with Gasteiger partial charge in [0.25, 0.3) is 0 Å². The molecule has 62 valence electrons. The van der Waals surface area contributed by atoms with Crippen molar-refractivity contribution in [1.29, 1.82) is 0 Å². The molecule has 3 heteroatoms. The third-order valence-electron chi connectivity index (χ3n) is 0.888. The van der Waals surface area contributed by atoms with Crippen molar-refractivity contribution >= 4 is 5.97 Å². The van der Waals surface area contributed by atoms with Crippen molar-refractivity contribution in [3.05, 3.63) is 0 Å². The molecule has 0 bridgehead atoms. The summed E-state index contributed by atoms with van der Waals surface area (Å²) < 4.78 is 4.77. The lowest BCUT2D eigenvalue weighted by atomic mass is 9.97. The maximum Gasteiger partial charge on any atom is 0.311 e. The number of rotatable bonds is 1. The van der Waals surface area contributed by atoms with E-state index in [-0.39, 0.29) is 16.9 Å². The minimum atomic E-state index is -0.351. The summed E-state index contributed by atoms with van der Waals surface area (Å²) in [4.78, 5) is 10.8. The zero-order valence-electron chi connectivity index (χ0n) is 7.02. The molecule has 10 heavy (non-hydrogen) atoms. The van der Waals surface area contributed by atoms with Crippen molar-refractivity contribution in [2.75, 3.05) is 6.61 Å². The van der Waals surface area contributed by atoms with Crippen molar-refractivity contribution in [3.63, 3.8) is 0 Å². The van der Waals surface area contributed by atoms with Gasteiger partial charge >= 0.3 is 5.97 Å². The number of hydrogen-bond donors (Lipinski definition) is 0. The Bertz CT molecular complexity index is 102. The summed E-state index contributed by atoms with van der Waals surface area (Å²) in [6.45, 7) is 7.79. The van der Waals surface area contributed by atoms with Crippen molar-refractivity contribution in [2.24, 2.45) is 5.41 Å². The molecule has 0 aromatic heterocycles. The van der Waals surface area contributed by atoms with Crippen LogP contribution in [0.3, 0.4) is 0 Å². The Kier molecular flexibility index (Phi) is 5.19. The topological polar surface area (TPSA) is 57.8 Å². The summed E-state index contributed by atoms with van der Waals surface area (Å²) in [5.41, 5.74) is -0.351. The molecule has 0 aliphatic heterocycles. The molecule has 0 aliphatic rings. The Morgan fingerprint density at radius 3 is 1.90 bits per heavy atom. The second-order valence-electron chi connectivity index (χ2n) is 2.97. The lowest BCUT2D eigenvalue weighted by Crippen LogP contribution is -2.22. The molecule has 0 aromatic carbocycles. The minimum Gasteiger partial charge on any atom is -0.466 e. The largest absolute Gasteiger partial charge is 0.466 e. The van der Waals surface area contributed by atoms with E-state index in [0.717, 1.165) is 0 Å². The van der Waals surface area contributed by atoms with Crippen molar-refractivity contribution in [2.45, 2.75) is 27.7 Å². The number of hydrogen-bond acceptors (Lipinski definition) is 2. The number of esters is 1. The molecule has 0 rings (SSSR count). The number of ether oxygens (including phenoxy) is 1. The molecule has 3 nitrogen and oxygen atoms in total. The van der Waals surface area contributed by atoms with Crippen LogP contribution in [0.4, 0.5) is 0 Å². The van der Waals surface area contributed by atoms with Crippen LogP contribution in [0.5, 0.6) is 0 Å². The summed E-state index contributed by atoms with van der Waals surface area (Å²) >= 11 is 0. The molecule has 2 N–H and O–H groups in total. The molecule has 0 spiro atoms. The van der Waals surface area contributed by atoms with Gasteiger partial charge in [0, 0.05) is 0 Å². The highest BCUT2D eigenvalue weighted by atomic mass is 16.5. The molecule has 0 fully saturated rings.